The second kappa shape index (κ2) is 8.47. The lowest BCUT2D eigenvalue weighted by atomic mass is 10.1. The van der Waals surface area contributed by atoms with Gasteiger partial charge in [-0.05, 0) is 6.07 Å². The number of β-amino-alcohol motifs (C(OH)–C–C–N with tert-alkyl or cyclic N) is 1. The molecule has 0 aromatic heterocycles. The lowest BCUT2D eigenvalue weighted by molar-refractivity contribution is -0.140. The van der Waals surface area contributed by atoms with Crippen molar-refractivity contribution in [2.24, 2.45) is 0 Å². The summed E-state index contributed by atoms with van der Waals surface area (Å²) < 4.78 is 5.24. The van der Waals surface area contributed by atoms with E-state index < -0.39 is 24.0 Å². The third-order valence-electron chi connectivity index (χ3n) is 4.74. The van der Waals surface area contributed by atoms with Crippen LogP contribution in [0.25, 0.3) is 0 Å². The molecular formula is C18H24N4O5. The second-order valence-electron chi connectivity index (χ2n) is 6.64. The number of rotatable bonds is 5. The lowest BCUT2D eigenvalue weighted by Crippen LogP contribution is -2.48. The fourth-order valence-corrected chi connectivity index (χ4v) is 3.26. The number of hydrogen-bond acceptors (Lipinski definition) is 6. The summed E-state index contributed by atoms with van der Waals surface area (Å²) in [5, 5.41) is 14.9. The van der Waals surface area contributed by atoms with Crippen LogP contribution in [0.2, 0.25) is 0 Å². The molecule has 1 aromatic rings. The van der Waals surface area contributed by atoms with Crippen LogP contribution in [0.3, 0.4) is 0 Å². The molecular weight excluding hydrogens is 352 g/mol. The molecule has 9 heteroatoms. The van der Waals surface area contributed by atoms with Crippen molar-refractivity contribution in [1.82, 2.24) is 15.5 Å². The molecule has 9 nitrogen and oxygen atoms in total. The molecule has 1 fully saturated rings. The van der Waals surface area contributed by atoms with Crippen molar-refractivity contribution < 1.29 is 24.2 Å². The number of carbonyl (C=O) groups is 3. The highest BCUT2D eigenvalue weighted by Gasteiger charge is 2.36. The number of aliphatic hydroxyl groups is 1. The first-order valence-corrected chi connectivity index (χ1v) is 8.90. The minimum absolute atomic E-state index is 0.0429. The first-order chi connectivity index (χ1) is 13.0. The Bertz CT molecular complexity index is 719. The van der Waals surface area contributed by atoms with Crippen LogP contribution >= 0.6 is 0 Å². The lowest BCUT2D eigenvalue weighted by Gasteiger charge is -2.28. The quantitative estimate of drug-likeness (QED) is 0.547. The molecule has 0 radical (unpaired) electrons. The fraction of sp³-hybridized carbons (Fsp3) is 0.500. The predicted octanol–water partition coefficient (Wildman–Crippen LogP) is -1.37. The highest BCUT2D eigenvalue weighted by atomic mass is 16.5. The smallest absolute Gasteiger partial charge is 0.310 e. The van der Waals surface area contributed by atoms with E-state index in [1.807, 2.05) is 4.90 Å². The molecule has 2 atom stereocenters. The molecule has 1 aromatic carbocycles. The number of hydrogen-bond donors (Lipinski definition) is 3. The van der Waals surface area contributed by atoms with E-state index >= 15 is 0 Å². The van der Waals surface area contributed by atoms with Crippen molar-refractivity contribution in [3.8, 4) is 0 Å². The third kappa shape index (κ3) is 4.44. The highest BCUT2D eigenvalue weighted by Crippen LogP contribution is 2.34. The Morgan fingerprint density at radius 1 is 1.26 bits per heavy atom. The summed E-state index contributed by atoms with van der Waals surface area (Å²) in [7, 11) is 1.62. The van der Waals surface area contributed by atoms with E-state index in [4.69, 9.17) is 4.74 Å². The second-order valence-corrected chi connectivity index (χ2v) is 6.64. The Labute approximate surface area is 157 Å². The van der Waals surface area contributed by atoms with E-state index in [0.717, 1.165) is 13.1 Å². The minimum atomic E-state index is -0.906. The van der Waals surface area contributed by atoms with Gasteiger partial charge in [0.15, 0.2) is 0 Å². The number of anilines is 1. The van der Waals surface area contributed by atoms with Crippen LogP contribution in [0.4, 0.5) is 5.69 Å². The fourth-order valence-electron chi connectivity index (χ4n) is 3.26. The van der Waals surface area contributed by atoms with E-state index in [1.165, 1.54) is 4.90 Å². The van der Waals surface area contributed by atoms with Gasteiger partial charge < -0.3 is 25.4 Å². The zero-order chi connectivity index (χ0) is 19.4. The van der Waals surface area contributed by atoms with Crippen LogP contribution in [0.5, 0.6) is 0 Å². The van der Waals surface area contributed by atoms with Crippen molar-refractivity contribution in [3.05, 3.63) is 29.8 Å². The van der Waals surface area contributed by atoms with Gasteiger partial charge in [-0.15, -0.1) is 0 Å². The maximum atomic E-state index is 12.3. The number of carbonyl (C=O) groups excluding carboxylic acids is 3. The van der Waals surface area contributed by atoms with Crippen LogP contribution in [-0.2, 0) is 19.1 Å². The monoisotopic (exact) mass is 376 g/mol. The highest BCUT2D eigenvalue weighted by molar-refractivity contribution is 6.35. The number of fused-ring (bicyclic) bond motifs is 1. The van der Waals surface area contributed by atoms with E-state index in [2.05, 4.69) is 10.6 Å². The van der Waals surface area contributed by atoms with Crippen LogP contribution in [0.15, 0.2) is 24.3 Å². The molecule has 3 N–H and O–H groups in total. The molecule has 3 amide bonds. The maximum Gasteiger partial charge on any atom is 0.310 e. The van der Waals surface area contributed by atoms with Crippen molar-refractivity contribution in [2.75, 3.05) is 51.3 Å². The number of ether oxygens (including phenoxy) is 1. The minimum Gasteiger partial charge on any atom is -0.390 e. The van der Waals surface area contributed by atoms with Gasteiger partial charge in [0, 0.05) is 44.5 Å². The number of aliphatic hydroxyl groups excluding tert-OH is 1. The molecule has 146 valence electrons. The van der Waals surface area contributed by atoms with Gasteiger partial charge in [-0.1, -0.05) is 18.2 Å². The van der Waals surface area contributed by atoms with Crippen molar-refractivity contribution in [3.63, 3.8) is 0 Å². The zero-order valence-electron chi connectivity index (χ0n) is 15.2. The number of morpholine rings is 1. The Morgan fingerprint density at radius 2 is 1.96 bits per heavy atom. The summed E-state index contributed by atoms with van der Waals surface area (Å²) in [6.07, 6.45) is -0.792. The predicted molar refractivity (Wildman–Crippen MR) is 97.0 cm³/mol. The number of nitrogens with one attached hydrogen (secondary N) is 2. The van der Waals surface area contributed by atoms with E-state index in [9.17, 15) is 19.5 Å². The van der Waals surface area contributed by atoms with Gasteiger partial charge in [0.1, 0.15) is 6.04 Å². The number of nitrogens with zero attached hydrogens (tertiary/aromatic N) is 2. The summed E-state index contributed by atoms with van der Waals surface area (Å²) in [4.78, 5) is 40.0. The molecule has 2 aliphatic heterocycles. The summed E-state index contributed by atoms with van der Waals surface area (Å²) >= 11 is 0. The van der Waals surface area contributed by atoms with Gasteiger partial charge in [0.2, 0.25) is 0 Å². The molecule has 0 saturated carbocycles. The SMILES string of the molecule is CN1C(=O)[C@@H](NC(=O)C(=O)NC[C@@H](O)CN2CCOCC2)c2ccccc21. The Balaban J connectivity index is 1.49. The normalized spacial score (nSPS) is 20.9. The Morgan fingerprint density at radius 3 is 2.70 bits per heavy atom. The van der Waals surface area contributed by atoms with E-state index in [1.54, 1.807) is 31.3 Å². The third-order valence-corrected chi connectivity index (χ3v) is 4.74. The van der Waals surface area contributed by atoms with Gasteiger partial charge >= 0.3 is 11.8 Å². The summed E-state index contributed by atoms with van der Waals surface area (Å²) in [5.41, 5.74) is 1.35. The van der Waals surface area contributed by atoms with Crippen molar-refractivity contribution in [2.45, 2.75) is 12.1 Å². The van der Waals surface area contributed by atoms with Crippen LogP contribution in [-0.4, -0.2) is 80.3 Å². The summed E-state index contributed by atoms with van der Waals surface area (Å²) in [6.45, 7) is 3.04. The average molecular weight is 376 g/mol. The topological polar surface area (TPSA) is 111 Å². The van der Waals surface area contributed by atoms with E-state index in [-0.39, 0.29) is 12.5 Å². The van der Waals surface area contributed by atoms with Crippen molar-refractivity contribution >= 4 is 23.4 Å². The Kier molecular flexibility index (Phi) is 6.04. The van der Waals surface area contributed by atoms with Gasteiger partial charge in [-0.3, -0.25) is 19.3 Å². The van der Waals surface area contributed by atoms with Gasteiger partial charge in [-0.2, -0.15) is 0 Å². The van der Waals surface area contributed by atoms with Gasteiger partial charge in [0.05, 0.1) is 19.3 Å². The number of para-hydroxylation sites is 1. The molecule has 0 unspecified atom stereocenters. The molecule has 0 aliphatic carbocycles. The van der Waals surface area contributed by atoms with Crippen LogP contribution < -0.4 is 15.5 Å². The zero-order valence-corrected chi connectivity index (χ0v) is 15.2. The Hall–Kier alpha value is -2.49. The van der Waals surface area contributed by atoms with E-state index in [0.29, 0.717) is 31.0 Å². The first-order valence-electron chi connectivity index (χ1n) is 8.90. The van der Waals surface area contributed by atoms with Gasteiger partial charge in [0.25, 0.3) is 5.91 Å². The standard InChI is InChI=1S/C18H24N4O5/c1-21-14-5-3-2-4-13(14)15(18(21)26)20-17(25)16(24)19-10-12(23)11-22-6-8-27-9-7-22/h2-5,12,15,23H,6-11H2,1H3,(H,19,24)(H,20,25)/t12-,15+/m1/s1. The molecule has 1 saturated heterocycles. The summed E-state index contributed by atoms with van der Waals surface area (Å²) in [6, 6.07) is 6.21. The van der Waals surface area contributed by atoms with Crippen molar-refractivity contribution in [1.29, 1.82) is 0 Å². The molecule has 3 rings (SSSR count). The molecule has 0 spiro atoms. The molecule has 0 bridgehead atoms. The largest absolute Gasteiger partial charge is 0.390 e. The molecule has 2 heterocycles. The number of amides is 3. The van der Waals surface area contributed by atoms with Crippen LogP contribution in [0.1, 0.15) is 11.6 Å². The average Bonchev–Trinajstić information content (AvgIpc) is 2.92. The van der Waals surface area contributed by atoms with Crippen LogP contribution in [0, 0.1) is 0 Å². The van der Waals surface area contributed by atoms with Gasteiger partial charge in [-0.25, -0.2) is 0 Å². The number of benzene rings is 1. The number of likely N-dealkylation sites (N-methyl/N-ethyl adjacent to an activating group) is 1. The summed E-state index contributed by atoms with van der Waals surface area (Å²) in [5.74, 6) is -2.09. The first kappa shape index (κ1) is 19.3. The maximum absolute atomic E-state index is 12.3. The molecule has 2 aliphatic rings. The molecule has 27 heavy (non-hydrogen) atoms.